The predicted octanol–water partition coefficient (Wildman–Crippen LogP) is 4.57. The summed E-state index contributed by atoms with van der Waals surface area (Å²) in [6, 6.07) is 14.1. The quantitative estimate of drug-likeness (QED) is 0.636. The Morgan fingerprint density at radius 1 is 1.10 bits per heavy atom. The number of hydrogen-bond donors (Lipinski definition) is 0. The van der Waals surface area contributed by atoms with Gasteiger partial charge in [0.15, 0.2) is 11.6 Å². The molecule has 0 saturated carbocycles. The smallest absolute Gasteiger partial charge is 0.169 e. The molecule has 1 heterocycles. The fraction of sp³-hybridized carbons (Fsp3) is 0.0667. The van der Waals surface area contributed by atoms with Gasteiger partial charge in [0.2, 0.25) is 0 Å². The number of halogens is 3. The normalized spacial score (nSPS) is 10.8. The van der Waals surface area contributed by atoms with E-state index >= 15 is 0 Å². The highest BCUT2D eigenvalue weighted by Gasteiger charge is 2.17. The summed E-state index contributed by atoms with van der Waals surface area (Å²) in [5, 5.41) is 8.32. The van der Waals surface area contributed by atoms with Gasteiger partial charge in [0.05, 0.1) is 5.88 Å². The predicted molar refractivity (Wildman–Crippen MR) is 84.0 cm³/mol. The number of rotatable bonds is 3. The maximum Gasteiger partial charge on any atom is 0.169 e. The molecule has 0 fully saturated rings. The molecule has 0 aliphatic heterocycles. The van der Waals surface area contributed by atoms with Crippen LogP contribution in [0.15, 0.2) is 53.0 Å². The van der Waals surface area contributed by atoms with Gasteiger partial charge in [-0.1, -0.05) is 18.2 Å². The average Bonchev–Trinajstić information content (AvgIpc) is 2.92. The molecule has 0 bridgehead atoms. The zero-order valence-corrected chi connectivity index (χ0v) is 13.1. The van der Waals surface area contributed by atoms with Gasteiger partial charge in [-0.15, -0.1) is 21.8 Å². The van der Waals surface area contributed by atoms with E-state index < -0.39 is 0 Å². The van der Waals surface area contributed by atoms with Crippen LogP contribution in [0.3, 0.4) is 0 Å². The minimum Gasteiger partial charge on any atom is -0.278 e. The van der Waals surface area contributed by atoms with Crippen LogP contribution in [0.1, 0.15) is 5.82 Å². The van der Waals surface area contributed by atoms with Gasteiger partial charge in [-0.3, -0.25) is 4.57 Å². The van der Waals surface area contributed by atoms with Crippen molar-refractivity contribution in [1.29, 1.82) is 0 Å². The Kier molecular flexibility index (Phi) is 4.03. The second-order valence-corrected chi connectivity index (χ2v) is 5.49. The molecule has 0 atom stereocenters. The van der Waals surface area contributed by atoms with E-state index in [-0.39, 0.29) is 11.7 Å². The first kappa shape index (κ1) is 14.2. The molecule has 3 nitrogen and oxygen atoms in total. The first-order valence-electron chi connectivity index (χ1n) is 6.22. The molecule has 0 spiro atoms. The molecule has 2 aromatic carbocycles. The van der Waals surface area contributed by atoms with Gasteiger partial charge in [0.1, 0.15) is 5.82 Å². The number of benzene rings is 2. The molecule has 0 saturated heterocycles. The summed E-state index contributed by atoms with van der Waals surface area (Å²) in [6.45, 7) is 0. The first-order chi connectivity index (χ1) is 10.2. The minimum atomic E-state index is -0.311. The van der Waals surface area contributed by atoms with Gasteiger partial charge < -0.3 is 0 Å². The molecule has 0 aliphatic rings. The molecule has 21 heavy (non-hydrogen) atoms. The van der Waals surface area contributed by atoms with E-state index in [1.807, 2.05) is 34.9 Å². The number of aromatic nitrogens is 3. The summed E-state index contributed by atoms with van der Waals surface area (Å²) in [4.78, 5) is 0. The van der Waals surface area contributed by atoms with Crippen molar-refractivity contribution in [3.8, 4) is 17.1 Å². The molecule has 1 aromatic heterocycles. The lowest BCUT2D eigenvalue weighted by molar-refractivity contribution is 0.627. The van der Waals surface area contributed by atoms with Crippen LogP contribution in [0.2, 0.25) is 0 Å². The summed E-state index contributed by atoms with van der Waals surface area (Å²) >= 11 is 9.32. The van der Waals surface area contributed by atoms with Gasteiger partial charge in [0, 0.05) is 15.7 Å². The third-order valence-corrected chi connectivity index (χ3v) is 3.93. The van der Waals surface area contributed by atoms with E-state index in [0.717, 1.165) is 11.3 Å². The van der Waals surface area contributed by atoms with Crippen molar-refractivity contribution in [2.75, 3.05) is 0 Å². The van der Waals surface area contributed by atoms with E-state index in [9.17, 15) is 4.39 Å². The second-order valence-electron chi connectivity index (χ2n) is 4.37. The van der Waals surface area contributed by atoms with Crippen molar-refractivity contribution in [1.82, 2.24) is 14.8 Å². The number of hydrogen-bond acceptors (Lipinski definition) is 2. The average molecular weight is 367 g/mol. The van der Waals surface area contributed by atoms with Crippen molar-refractivity contribution in [3.05, 3.63) is 64.6 Å². The minimum absolute atomic E-state index is 0.237. The van der Waals surface area contributed by atoms with Gasteiger partial charge in [0.25, 0.3) is 0 Å². The van der Waals surface area contributed by atoms with E-state index in [0.29, 0.717) is 16.1 Å². The fourth-order valence-corrected chi connectivity index (χ4v) is 2.80. The topological polar surface area (TPSA) is 30.7 Å². The Hall–Kier alpha value is -1.72. The molecule has 106 valence electrons. The Bertz CT molecular complexity index is 774. The lowest BCUT2D eigenvalue weighted by Crippen LogP contribution is -2.02. The van der Waals surface area contributed by atoms with Crippen molar-refractivity contribution >= 4 is 27.5 Å². The van der Waals surface area contributed by atoms with E-state index in [1.165, 1.54) is 12.1 Å². The number of alkyl halides is 1. The molecule has 6 heteroatoms. The van der Waals surface area contributed by atoms with Crippen LogP contribution in [0.25, 0.3) is 17.1 Å². The maximum absolute atomic E-state index is 13.3. The maximum atomic E-state index is 13.3. The lowest BCUT2D eigenvalue weighted by Gasteiger charge is -2.10. The monoisotopic (exact) mass is 365 g/mol. The van der Waals surface area contributed by atoms with E-state index in [1.54, 1.807) is 6.07 Å². The SMILES string of the molecule is Fc1ccc(-c2nnc(CCl)n2-c2ccccc2)c(Br)c1. The highest BCUT2D eigenvalue weighted by molar-refractivity contribution is 9.10. The van der Waals surface area contributed by atoms with Crippen LogP contribution in [0, 0.1) is 5.82 Å². The standard InChI is InChI=1S/C15H10BrClFN3/c16-13-8-10(18)6-7-12(13)15-20-19-14(9-17)21(15)11-4-2-1-3-5-11/h1-8H,9H2. The zero-order valence-electron chi connectivity index (χ0n) is 10.8. The van der Waals surface area contributed by atoms with Crippen LogP contribution in [-0.4, -0.2) is 14.8 Å². The van der Waals surface area contributed by atoms with Gasteiger partial charge in [-0.25, -0.2) is 4.39 Å². The molecule has 0 aliphatic carbocycles. The fourth-order valence-electron chi connectivity index (χ4n) is 2.10. The third kappa shape index (κ3) is 2.71. The summed E-state index contributed by atoms with van der Waals surface area (Å²) < 4.78 is 15.7. The van der Waals surface area contributed by atoms with Crippen molar-refractivity contribution in [2.24, 2.45) is 0 Å². The number of para-hydroxylation sites is 1. The molecule has 0 radical (unpaired) electrons. The van der Waals surface area contributed by atoms with E-state index in [4.69, 9.17) is 11.6 Å². The first-order valence-corrected chi connectivity index (χ1v) is 7.54. The molecule has 0 unspecified atom stereocenters. The van der Waals surface area contributed by atoms with Crippen LogP contribution in [-0.2, 0) is 5.88 Å². The molecular weight excluding hydrogens is 357 g/mol. The van der Waals surface area contributed by atoms with Crippen LogP contribution < -0.4 is 0 Å². The molecule has 0 amide bonds. The Morgan fingerprint density at radius 3 is 2.52 bits per heavy atom. The molecule has 3 aromatic rings. The molecule has 0 N–H and O–H groups in total. The number of nitrogens with zero attached hydrogens (tertiary/aromatic N) is 3. The second kappa shape index (κ2) is 5.95. The highest BCUT2D eigenvalue weighted by Crippen LogP contribution is 2.30. The van der Waals surface area contributed by atoms with Crippen molar-refractivity contribution in [3.63, 3.8) is 0 Å². The Labute approximate surface area is 134 Å². The van der Waals surface area contributed by atoms with Gasteiger partial charge in [-0.05, 0) is 46.3 Å². The highest BCUT2D eigenvalue weighted by atomic mass is 79.9. The summed E-state index contributed by atoms with van der Waals surface area (Å²) in [7, 11) is 0. The van der Waals surface area contributed by atoms with Gasteiger partial charge >= 0.3 is 0 Å². The van der Waals surface area contributed by atoms with Crippen LogP contribution in [0.5, 0.6) is 0 Å². The summed E-state index contributed by atoms with van der Waals surface area (Å²) in [5.74, 6) is 1.17. The van der Waals surface area contributed by atoms with Crippen molar-refractivity contribution < 1.29 is 4.39 Å². The summed E-state index contributed by atoms with van der Waals surface area (Å²) in [5.41, 5.74) is 1.66. The van der Waals surface area contributed by atoms with Crippen LogP contribution in [0.4, 0.5) is 4.39 Å². The van der Waals surface area contributed by atoms with Crippen molar-refractivity contribution in [2.45, 2.75) is 5.88 Å². The van der Waals surface area contributed by atoms with Gasteiger partial charge in [-0.2, -0.15) is 0 Å². The molecule has 3 rings (SSSR count). The Balaban J connectivity index is 2.22. The summed E-state index contributed by atoms with van der Waals surface area (Å²) in [6.07, 6.45) is 0. The zero-order chi connectivity index (χ0) is 14.8. The lowest BCUT2D eigenvalue weighted by atomic mass is 10.2. The third-order valence-electron chi connectivity index (χ3n) is 3.04. The van der Waals surface area contributed by atoms with E-state index in [2.05, 4.69) is 26.1 Å². The molecular formula is C15H10BrClFN3. The van der Waals surface area contributed by atoms with Crippen LogP contribution >= 0.6 is 27.5 Å². The Morgan fingerprint density at radius 2 is 1.86 bits per heavy atom. The largest absolute Gasteiger partial charge is 0.278 e.